The SMILES string of the molecule is CC(C)(C)[C@@H](O)[C@@H](N)c1cc(O)c(O)c([N+](=O)[O-])c1. The number of hydrogen-bond acceptors (Lipinski definition) is 6. The summed E-state index contributed by atoms with van der Waals surface area (Å²) in [7, 11) is 0. The van der Waals surface area contributed by atoms with Crippen LogP contribution in [0.3, 0.4) is 0 Å². The van der Waals surface area contributed by atoms with Gasteiger partial charge in [0.1, 0.15) is 0 Å². The smallest absolute Gasteiger partial charge is 0.314 e. The van der Waals surface area contributed by atoms with Crippen molar-refractivity contribution in [2.75, 3.05) is 0 Å². The largest absolute Gasteiger partial charge is 0.504 e. The molecule has 0 aromatic heterocycles. The number of aliphatic hydroxyl groups is 1. The molecule has 0 fully saturated rings. The molecular weight excluding hydrogens is 252 g/mol. The van der Waals surface area contributed by atoms with Crippen LogP contribution < -0.4 is 5.73 Å². The average Bonchev–Trinajstić information content (AvgIpc) is 2.28. The van der Waals surface area contributed by atoms with Crippen molar-refractivity contribution in [3.8, 4) is 11.5 Å². The number of nitro benzene ring substituents is 1. The second kappa shape index (κ2) is 5.02. The fourth-order valence-electron chi connectivity index (χ4n) is 1.68. The Hall–Kier alpha value is -1.86. The maximum Gasteiger partial charge on any atom is 0.314 e. The number of nitrogens with zero attached hydrogens (tertiary/aromatic N) is 1. The molecule has 1 aromatic rings. The molecule has 106 valence electrons. The first-order chi connectivity index (χ1) is 8.55. The predicted octanol–water partition coefficient (Wildman–Crippen LogP) is 1.41. The molecule has 0 aliphatic carbocycles. The van der Waals surface area contributed by atoms with Crippen LogP contribution in [0.2, 0.25) is 0 Å². The van der Waals surface area contributed by atoms with Gasteiger partial charge in [-0.05, 0) is 17.0 Å². The molecule has 5 N–H and O–H groups in total. The topological polar surface area (TPSA) is 130 Å². The number of aliphatic hydroxyl groups excluding tert-OH is 1. The first-order valence-corrected chi connectivity index (χ1v) is 5.69. The number of nitrogens with two attached hydrogens (primary N) is 1. The summed E-state index contributed by atoms with van der Waals surface area (Å²) < 4.78 is 0. The highest BCUT2D eigenvalue weighted by Crippen LogP contribution is 2.39. The summed E-state index contributed by atoms with van der Waals surface area (Å²) in [6.07, 6.45) is -0.962. The molecule has 2 atom stereocenters. The number of benzene rings is 1. The Labute approximate surface area is 110 Å². The first kappa shape index (κ1) is 15.2. The van der Waals surface area contributed by atoms with E-state index in [0.717, 1.165) is 12.1 Å². The first-order valence-electron chi connectivity index (χ1n) is 5.69. The lowest BCUT2D eigenvalue weighted by Gasteiger charge is -2.31. The quantitative estimate of drug-likeness (QED) is 0.373. The van der Waals surface area contributed by atoms with E-state index in [1.807, 2.05) is 0 Å². The van der Waals surface area contributed by atoms with Crippen molar-refractivity contribution >= 4 is 5.69 Å². The van der Waals surface area contributed by atoms with Crippen LogP contribution in [0.15, 0.2) is 12.1 Å². The molecule has 0 unspecified atom stereocenters. The zero-order chi connectivity index (χ0) is 15.0. The molecule has 0 saturated carbocycles. The van der Waals surface area contributed by atoms with Crippen LogP contribution in [0.25, 0.3) is 0 Å². The van der Waals surface area contributed by atoms with E-state index in [4.69, 9.17) is 5.73 Å². The Kier molecular flexibility index (Phi) is 4.02. The van der Waals surface area contributed by atoms with Gasteiger partial charge in [0.05, 0.1) is 17.1 Å². The second-order valence-electron chi connectivity index (χ2n) is 5.50. The number of hydrogen-bond donors (Lipinski definition) is 4. The summed E-state index contributed by atoms with van der Waals surface area (Å²) in [4.78, 5) is 9.92. The van der Waals surface area contributed by atoms with Gasteiger partial charge in [-0.3, -0.25) is 10.1 Å². The van der Waals surface area contributed by atoms with E-state index in [0.29, 0.717) is 0 Å². The van der Waals surface area contributed by atoms with E-state index in [-0.39, 0.29) is 5.56 Å². The summed E-state index contributed by atoms with van der Waals surface area (Å²) >= 11 is 0. The van der Waals surface area contributed by atoms with Gasteiger partial charge in [0.15, 0.2) is 5.75 Å². The lowest BCUT2D eigenvalue weighted by molar-refractivity contribution is -0.386. The van der Waals surface area contributed by atoms with Crippen molar-refractivity contribution in [2.24, 2.45) is 11.1 Å². The Balaban J connectivity index is 3.25. The normalized spacial score (nSPS) is 15.0. The van der Waals surface area contributed by atoms with Crippen LogP contribution in [0.4, 0.5) is 5.69 Å². The lowest BCUT2D eigenvalue weighted by atomic mass is 9.82. The second-order valence-corrected chi connectivity index (χ2v) is 5.50. The molecule has 0 aliphatic heterocycles. The number of rotatable bonds is 3. The van der Waals surface area contributed by atoms with Gasteiger partial charge in [-0.25, -0.2) is 0 Å². The molecule has 0 saturated heterocycles. The zero-order valence-electron chi connectivity index (χ0n) is 11.0. The molecule has 1 rings (SSSR count). The highest BCUT2D eigenvalue weighted by Gasteiger charge is 2.31. The average molecular weight is 270 g/mol. The molecule has 0 spiro atoms. The van der Waals surface area contributed by atoms with Crippen LogP contribution in [0, 0.1) is 15.5 Å². The fourth-order valence-corrected chi connectivity index (χ4v) is 1.68. The molecule has 0 amide bonds. The van der Waals surface area contributed by atoms with Crippen LogP contribution in [0.5, 0.6) is 11.5 Å². The van der Waals surface area contributed by atoms with Gasteiger partial charge in [-0.1, -0.05) is 20.8 Å². The Morgan fingerprint density at radius 3 is 2.26 bits per heavy atom. The number of nitro groups is 1. The van der Waals surface area contributed by atoms with Crippen molar-refractivity contribution in [3.63, 3.8) is 0 Å². The van der Waals surface area contributed by atoms with Gasteiger partial charge in [0.2, 0.25) is 5.75 Å². The van der Waals surface area contributed by atoms with Crippen LogP contribution in [-0.2, 0) is 0 Å². The van der Waals surface area contributed by atoms with Gasteiger partial charge in [-0.15, -0.1) is 0 Å². The summed E-state index contributed by atoms with van der Waals surface area (Å²) in [5.41, 5.74) is 4.86. The maximum absolute atomic E-state index is 10.7. The van der Waals surface area contributed by atoms with Gasteiger partial charge >= 0.3 is 5.69 Å². The van der Waals surface area contributed by atoms with Crippen molar-refractivity contribution in [1.82, 2.24) is 0 Å². The summed E-state index contributed by atoms with van der Waals surface area (Å²) in [6.45, 7) is 5.31. The van der Waals surface area contributed by atoms with Crippen molar-refractivity contribution in [2.45, 2.75) is 32.9 Å². The number of aromatic hydroxyl groups is 2. The monoisotopic (exact) mass is 270 g/mol. The summed E-state index contributed by atoms with van der Waals surface area (Å²) in [5, 5.41) is 39.7. The van der Waals surface area contributed by atoms with E-state index in [1.54, 1.807) is 20.8 Å². The molecular formula is C12H18N2O5. The third-order valence-electron chi connectivity index (χ3n) is 2.90. The highest BCUT2D eigenvalue weighted by atomic mass is 16.6. The molecule has 0 bridgehead atoms. The Bertz CT molecular complexity index is 496. The molecule has 0 aliphatic rings. The van der Waals surface area contributed by atoms with Gasteiger partial charge in [0.25, 0.3) is 0 Å². The van der Waals surface area contributed by atoms with Crippen LogP contribution >= 0.6 is 0 Å². The van der Waals surface area contributed by atoms with E-state index in [2.05, 4.69) is 0 Å². The van der Waals surface area contributed by atoms with Gasteiger partial charge in [-0.2, -0.15) is 0 Å². The van der Waals surface area contributed by atoms with E-state index < -0.39 is 39.7 Å². The van der Waals surface area contributed by atoms with Gasteiger partial charge < -0.3 is 21.1 Å². The van der Waals surface area contributed by atoms with Gasteiger partial charge in [0, 0.05) is 6.07 Å². The molecule has 7 heteroatoms. The number of phenols is 2. The van der Waals surface area contributed by atoms with Crippen LogP contribution in [-0.4, -0.2) is 26.3 Å². The van der Waals surface area contributed by atoms with Crippen molar-refractivity contribution in [3.05, 3.63) is 27.8 Å². The molecule has 0 radical (unpaired) electrons. The number of phenolic OH excluding ortho intramolecular Hbond substituents is 2. The third-order valence-corrected chi connectivity index (χ3v) is 2.90. The third kappa shape index (κ3) is 3.12. The minimum absolute atomic E-state index is 0.185. The summed E-state index contributed by atoms with van der Waals surface area (Å²) in [5.74, 6) is -1.45. The van der Waals surface area contributed by atoms with E-state index >= 15 is 0 Å². The Morgan fingerprint density at radius 1 is 1.32 bits per heavy atom. The molecule has 7 nitrogen and oxygen atoms in total. The molecule has 1 aromatic carbocycles. The molecule has 19 heavy (non-hydrogen) atoms. The van der Waals surface area contributed by atoms with E-state index in [1.165, 1.54) is 0 Å². The summed E-state index contributed by atoms with van der Waals surface area (Å²) in [6, 6.07) is 1.25. The lowest BCUT2D eigenvalue weighted by Crippen LogP contribution is -2.36. The zero-order valence-corrected chi connectivity index (χ0v) is 11.0. The predicted molar refractivity (Wildman–Crippen MR) is 68.8 cm³/mol. The minimum atomic E-state index is -0.962. The standard InChI is InChI=1S/C12H18N2O5/c1-12(2,3)11(17)9(13)6-4-7(14(18)19)10(16)8(15)5-6/h4-5,9,11,15-17H,13H2,1-3H3/t9-,11-/m0/s1. The maximum atomic E-state index is 10.7. The highest BCUT2D eigenvalue weighted by molar-refractivity contribution is 5.57. The van der Waals surface area contributed by atoms with Crippen molar-refractivity contribution in [1.29, 1.82) is 0 Å². The van der Waals surface area contributed by atoms with Crippen LogP contribution in [0.1, 0.15) is 32.4 Å². The van der Waals surface area contributed by atoms with E-state index in [9.17, 15) is 25.4 Å². The molecule has 0 heterocycles. The fraction of sp³-hybridized carbons (Fsp3) is 0.500. The van der Waals surface area contributed by atoms with Crippen molar-refractivity contribution < 1.29 is 20.2 Å². The Morgan fingerprint density at radius 2 is 1.84 bits per heavy atom. The minimum Gasteiger partial charge on any atom is -0.504 e.